The van der Waals surface area contributed by atoms with E-state index < -0.39 is 0 Å². The van der Waals surface area contributed by atoms with Crippen LogP contribution >= 0.6 is 0 Å². The van der Waals surface area contributed by atoms with Crippen LogP contribution in [-0.2, 0) is 4.79 Å². The Morgan fingerprint density at radius 1 is 1.05 bits per heavy atom. The summed E-state index contributed by atoms with van der Waals surface area (Å²) < 4.78 is 6.59. The number of carbonyl (C=O) groups excluding carboxylic acids is 1. The lowest BCUT2D eigenvalue weighted by Gasteiger charge is -2.28. The van der Waals surface area contributed by atoms with E-state index in [-0.39, 0.29) is 17.9 Å². The lowest BCUT2D eigenvalue weighted by atomic mass is 9.98. The van der Waals surface area contributed by atoms with E-state index in [2.05, 4.69) is 40.5 Å². The Morgan fingerprint density at radius 3 is 2.77 bits per heavy atom. The van der Waals surface area contributed by atoms with Crippen molar-refractivity contribution in [2.45, 2.75) is 46.1 Å². The topological polar surface area (TPSA) is 92.3 Å². The average molecular weight is 537 g/mol. The van der Waals surface area contributed by atoms with Crippen LogP contribution in [-0.4, -0.2) is 46.5 Å². The zero-order valence-electron chi connectivity index (χ0n) is 23.4. The monoisotopic (exact) mass is 536 g/mol. The Hall–Kier alpha value is -4.04. The van der Waals surface area contributed by atoms with Gasteiger partial charge in [-0.1, -0.05) is 38.1 Å². The zero-order valence-corrected chi connectivity index (χ0v) is 23.4. The van der Waals surface area contributed by atoms with E-state index >= 15 is 0 Å². The molecule has 0 spiro atoms. The molecule has 0 bridgehead atoms. The van der Waals surface area contributed by atoms with Crippen LogP contribution < -0.4 is 20.3 Å². The van der Waals surface area contributed by atoms with Gasteiger partial charge in [0.05, 0.1) is 16.9 Å². The molecule has 8 nitrogen and oxygen atoms in total. The number of fused-ring (bicyclic) bond motifs is 1. The smallest absolute Gasteiger partial charge is 0.230 e. The highest BCUT2D eigenvalue weighted by Crippen LogP contribution is 2.40. The van der Waals surface area contributed by atoms with Crippen LogP contribution in [0.2, 0.25) is 0 Å². The Morgan fingerprint density at radius 2 is 1.95 bits per heavy atom. The molecule has 0 aliphatic carbocycles. The minimum atomic E-state index is 0.0949. The second-order valence-corrected chi connectivity index (χ2v) is 11.0. The number of hydrogen-bond donors (Lipinski definition) is 2. The molecule has 3 atom stereocenters. The number of piperidine rings is 1. The van der Waals surface area contributed by atoms with Crippen molar-refractivity contribution in [3.8, 4) is 22.9 Å². The fourth-order valence-electron chi connectivity index (χ4n) is 5.94. The molecule has 40 heavy (non-hydrogen) atoms. The third-order valence-corrected chi connectivity index (χ3v) is 8.09. The molecule has 2 N–H and O–H groups in total. The normalized spacial score (nSPS) is 21.1. The van der Waals surface area contributed by atoms with Crippen LogP contribution in [0, 0.1) is 18.8 Å². The van der Waals surface area contributed by atoms with Crippen molar-refractivity contribution in [1.29, 1.82) is 0 Å². The van der Waals surface area contributed by atoms with Crippen molar-refractivity contribution in [3.63, 3.8) is 0 Å². The number of anilines is 2. The van der Waals surface area contributed by atoms with E-state index in [4.69, 9.17) is 9.72 Å². The minimum absolute atomic E-state index is 0.0949. The van der Waals surface area contributed by atoms with Gasteiger partial charge in [-0.15, -0.1) is 0 Å². The van der Waals surface area contributed by atoms with Crippen molar-refractivity contribution >= 4 is 28.3 Å². The van der Waals surface area contributed by atoms with Gasteiger partial charge in [0.25, 0.3) is 0 Å². The summed E-state index contributed by atoms with van der Waals surface area (Å²) >= 11 is 0. The largest absolute Gasteiger partial charge is 0.437 e. The Labute approximate surface area is 235 Å². The third-order valence-electron chi connectivity index (χ3n) is 8.09. The van der Waals surface area contributed by atoms with Gasteiger partial charge >= 0.3 is 0 Å². The van der Waals surface area contributed by atoms with Gasteiger partial charge < -0.3 is 20.3 Å². The van der Waals surface area contributed by atoms with Gasteiger partial charge in [0.15, 0.2) is 0 Å². The van der Waals surface area contributed by atoms with Crippen LogP contribution in [0.3, 0.4) is 0 Å². The highest BCUT2D eigenvalue weighted by Gasteiger charge is 2.32. The molecular weight excluding hydrogens is 500 g/mol. The number of ether oxygens (including phenoxy) is 1. The second kappa shape index (κ2) is 11.2. The first-order valence-electron chi connectivity index (χ1n) is 14.3. The standard InChI is InChI=1S/C32H36N6O2/c1-4-22-13-16-38(31(22)39)28-9-5-7-25-24(28)11-10-21(3)29(25)40-30-26(8-6-14-34-30)27-12-15-35-32(37-27)36-23-17-20(2)18-33-19-23/h5-12,14-15,20,22-23,33H,4,13,16-19H2,1-3H3,(H,35,36,37)/t20-,22-,23+/m1/s1. The predicted octanol–water partition coefficient (Wildman–Crippen LogP) is 5.97. The zero-order chi connectivity index (χ0) is 27.6. The van der Waals surface area contributed by atoms with Crippen LogP contribution in [0.4, 0.5) is 11.6 Å². The number of aryl methyl sites for hydroxylation is 1. The maximum Gasteiger partial charge on any atom is 0.230 e. The number of carbonyl (C=O) groups is 1. The SMILES string of the molecule is CC[C@@H]1CCN(c2cccc3c(Oc4ncccc4-c4ccnc(N[C@@H]5CNC[C@H](C)C5)n4)c(C)ccc23)C1=O. The van der Waals surface area contributed by atoms with Gasteiger partial charge in [0.1, 0.15) is 5.75 Å². The second-order valence-electron chi connectivity index (χ2n) is 11.0. The minimum Gasteiger partial charge on any atom is -0.437 e. The molecule has 4 aromatic rings. The number of nitrogens with one attached hydrogen (secondary N) is 2. The average Bonchev–Trinajstić information content (AvgIpc) is 3.34. The quantitative estimate of drug-likeness (QED) is 0.301. The summed E-state index contributed by atoms with van der Waals surface area (Å²) in [7, 11) is 0. The summed E-state index contributed by atoms with van der Waals surface area (Å²) in [5, 5.41) is 8.90. The van der Waals surface area contributed by atoms with Gasteiger partial charge in [-0.25, -0.2) is 15.0 Å². The van der Waals surface area contributed by atoms with Gasteiger partial charge in [-0.2, -0.15) is 0 Å². The van der Waals surface area contributed by atoms with Gasteiger partial charge in [-0.05, 0) is 68.5 Å². The van der Waals surface area contributed by atoms with Crippen molar-refractivity contribution in [2.24, 2.45) is 11.8 Å². The third kappa shape index (κ3) is 5.11. The van der Waals surface area contributed by atoms with Crippen molar-refractivity contribution in [3.05, 3.63) is 66.5 Å². The van der Waals surface area contributed by atoms with E-state index in [1.165, 1.54) is 0 Å². The van der Waals surface area contributed by atoms with Crippen LogP contribution in [0.15, 0.2) is 60.9 Å². The predicted molar refractivity (Wildman–Crippen MR) is 159 cm³/mol. The number of amides is 1. The first kappa shape index (κ1) is 26.2. The summed E-state index contributed by atoms with van der Waals surface area (Å²) in [6, 6.07) is 16.2. The van der Waals surface area contributed by atoms with Gasteiger partial charge in [0.2, 0.25) is 17.7 Å². The summed E-state index contributed by atoms with van der Waals surface area (Å²) in [6.45, 7) is 9.04. The maximum atomic E-state index is 13.1. The number of rotatable bonds is 7. The van der Waals surface area contributed by atoms with E-state index in [9.17, 15) is 4.79 Å². The van der Waals surface area contributed by atoms with Crippen molar-refractivity contribution < 1.29 is 9.53 Å². The lowest BCUT2D eigenvalue weighted by molar-refractivity contribution is -0.120. The summed E-state index contributed by atoms with van der Waals surface area (Å²) in [5.41, 5.74) is 3.45. The Bertz CT molecular complexity index is 1540. The number of aromatic nitrogens is 3. The molecule has 206 valence electrons. The first-order chi connectivity index (χ1) is 19.5. The summed E-state index contributed by atoms with van der Waals surface area (Å²) in [5.74, 6) is 2.71. The summed E-state index contributed by atoms with van der Waals surface area (Å²) in [6.07, 6.45) is 6.34. The van der Waals surface area contributed by atoms with Crippen LogP contribution in [0.25, 0.3) is 22.0 Å². The highest BCUT2D eigenvalue weighted by atomic mass is 16.5. The molecule has 0 saturated carbocycles. The molecule has 0 unspecified atom stereocenters. The Kier molecular flexibility index (Phi) is 7.34. The molecule has 2 aromatic carbocycles. The molecular formula is C32H36N6O2. The van der Waals surface area contributed by atoms with Crippen LogP contribution in [0.5, 0.6) is 11.6 Å². The van der Waals surface area contributed by atoms with E-state index in [0.29, 0.717) is 17.7 Å². The number of pyridine rings is 1. The van der Waals surface area contributed by atoms with E-state index in [0.717, 1.165) is 77.9 Å². The summed E-state index contributed by atoms with van der Waals surface area (Å²) in [4.78, 5) is 28.9. The number of benzene rings is 2. The molecule has 2 fully saturated rings. The fourth-order valence-corrected chi connectivity index (χ4v) is 5.94. The molecule has 2 aliphatic heterocycles. The van der Waals surface area contributed by atoms with Gasteiger partial charge in [0, 0.05) is 48.2 Å². The molecule has 2 aromatic heterocycles. The highest BCUT2D eigenvalue weighted by molar-refractivity contribution is 6.07. The number of hydrogen-bond acceptors (Lipinski definition) is 7. The molecule has 0 radical (unpaired) electrons. The molecule has 2 aliphatic rings. The molecule has 8 heteroatoms. The van der Waals surface area contributed by atoms with Crippen molar-refractivity contribution in [2.75, 3.05) is 29.9 Å². The van der Waals surface area contributed by atoms with E-state index in [1.54, 1.807) is 12.4 Å². The van der Waals surface area contributed by atoms with Gasteiger partial charge in [-0.3, -0.25) is 4.79 Å². The van der Waals surface area contributed by atoms with Crippen LogP contribution in [0.1, 0.15) is 38.7 Å². The maximum absolute atomic E-state index is 13.1. The molecule has 4 heterocycles. The van der Waals surface area contributed by atoms with Crippen molar-refractivity contribution in [1.82, 2.24) is 20.3 Å². The molecule has 6 rings (SSSR count). The van der Waals surface area contributed by atoms with E-state index in [1.807, 2.05) is 54.3 Å². The fraction of sp³-hybridized carbons (Fsp3) is 0.375. The molecule has 1 amide bonds. The first-order valence-corrected chi connectivity index (χ1v) is 14.3. The molecule has 2 saturated heterocycles. The number of nitrogens with zero attached hydrogens (tertiary/aromatic N) is 4. The lowest BCUT2D eigenvalue weighted by Crippen LogP contribution is -2.42. The Balaban J connectivity index is 1.33.